The van der Waals surface area contributed by atoms with Gasteiger partial charge in [0.05, 0.1) is 4.92 Å². The third kappa shape index (κ3) is 3.29. The topological polar surface area (TPSA) is 61.7 Å². The van der Waals surface area contributed by atoms with Crippen LogP contribution in [-0.4, -0.2) is 60.0 Å². The zero-order chi connectivity index (χ0) is 15.5. The molecule has 2 atom stereocenters. The molecule has 120 valence electrons. The molecule has 0 radical (unpaired) electrons. The number of non-ortho nitro benzene ring substituents is 1. The normalized spacial score (nSPS) is 25.2. The van der Waals surface area contributed by atoms with Crippen molar-refractivity contribution >= 4 is 5.69 Å². The summed E-state index contributed by atoms with van der Waals surface area (Å²) >= 11 is 0. The highest BCUT2D eigenvalue weighted by atomic mass is 16.6. The molecule has 0 aliphatic carbocycles. The maximum atomic E-state index is 10.9. The zero-order valence-corrected chi connectivity index (χ0v) is 13.1. The molecular formula is C16H24N4O2. The first-order chi connectivity index (χ1) is 10.6. The van der Waals surface area contributed by atoms with Crippen LogP contribution in [0.4, 0.5) is 5.69 Å². The molecule has 3 rings (SSSR count). The van der Waals surface area contributed by atoms with Crippen LogP contribution in [0, 0.1) is 10.1 Å². The third-order valence-corrected chi connectivity index (χ3v) is 4.97. The molecule has 1 N–H and O–H groups in total. The second-order valence-corrected chi connectivity index (χ2v) is 6.25. The lowest BCUT2D eigenvalue weighted by molar-refractivity contribution is -0.384. The first-order valence-electron chi connectivity index (χ1n) is 8.08. The molecule has 2 saturated heterocycles. The van der Waals surface area contributed by atoms with E-state index in [2.05, 4.69) is 22.0 Å². The largest absolute Gasteiger partial charge is 0.314 e. The average Bonchev–Trinajstić information content (AvgIpc) is 3.05. The van der Waals surface area contributed by atoms with Gasteiger partial charge in [-0.1, -0.05) is 12.1 Å². The van der Waals surface area contributed by atoms with Crippen molar-refractivity contribution in [1.29, 1.82) is 0 Å². The van der Waals surface area contributed by atoms with E-state index in [9.17, 15) is 10.1 Å². The maximum absolute atomic E-state index is 10.9. The van der Waals surface area contributed by atoms with Gasteiger partial charge in [0.2, 0.25) is 0 Å². The van der Waals surface area contributed by atoms with Crippen LogP contribution in [0.25, 0.3) is 0 Å². The van der Waals surface area contributed by atoms with Crippen LogP contribution in [0.2, 0.25) is 0 Å². The summed E-state index contributed by atoms with van der Waals surface area (Å²) in [5, 5.41) is 14.3. The molecule has 1 aromatic carbocycles. The van der Waals surface area contributed by atoms with Crippen LogP contribution < -0.4 is 5.32 Å². The van der Waals surface area contributed by atoms with E-state index in [1.54, 1.807) is 18.2 Å². The van der Waals surface area contributed by atoms with Crippen LogP contribution in [-0.2, 0) is 0 Å². The summed E-state index contributed by atoms with van der Waals surface area (Å²) < 4.78 is 0. The predicted octanol–water partition coefficient (Wildman–Crippen LogP) is 1.64. The molecule has 0 aromatic heterocycles. The Morgan fingerprint density at radius 3 is 2.82 bits per heavy atom. The van der Waals surface area contributed by atoms with Gasteiger partial charge in [-0.3, -0.25) is 19.9 Å². The molecule has 0 saturated carbocycles. The molecule has 22 heavy (non-hydrogen) atoms. The van der Waals surface area contributed by atoms with Crippen molar-refractivity contribution < 1.29 is 4.92 Å². The highest BCUT2D eigenvalue weighted by Gasteiger charge is 2.31. The third-order valence-electron chi connectivity index (χ3n) is 4.97. The molecule has 1 aromatic rings. The van der Waals surface area contributed by atoms with Crippen molar-refractivity contribution in [3.8, 4) is 0 Å². The van der Waals surface area contributed by atoms with Crippen molar-refractivity contribution in [1.82, 2.24) is 15.1 Å². The molecule has 0 amide bonds. The van der Waals surface area contributed by atoms with Crippen molar-refractivity contribution in [2.75, 3.05) is 39.3 Å². The summed E-state index contributed by atoms with van der Waals surface area (Å²) in [6.07, 6.45) is 1.19. The molecule has 0 bridgehead atoms. The minimum absolute atomic E-state index is 0.183. The fourth-order valence-electron chi connectivity index (χ4n) is 3.57. The highest BCUT2D eigenvalue weighted by Crippen LogP contribution is 2.28. The van der Waals surface area contributed by atoms with Gasteiger partial charge >= 0.3 is 0 Å². The van der Waals surface area contributed by atoms with E-state index in [0.717, 1.165) is 44.8 Å². The Kier molecular flexibility index (Phi) is 4.71. The number of nitro benzene ring substituents is 1. The lowest BCUT2D eigenvalue weighted by atomic mass is 10.1. The van der Waals surface area contributed by atoms with E-state index in [-0.39, 0.29) is 16.7 Å². The molecule has 2 unspecified atom stereocenters. The van der Waals surface area contributed by atoms with Gasteiger partial charge in [-0.15, -0.1) is 0 Å². The number of rotatable bonds is 4. The lowest BCUT2D eigenvalue weighted by Crippen LogP contribution is -2.49. The quantitative estimate of drug-likeness (QED) is 0.677. The van der Waals surface area contributed by atoms with Crippen molar-refractivity contribution in [2.24, 2.45) is 0 Å². The first kappa shape index (κ1) is 15.4. The van der Waals surface area contributed by atoms with Crippen LogP contribution >= 0.6 is 0 Å². The van der Waals surface area contributed by atoms with E-state index in [0.29, 0.717) is 6.04 Å². The van der Waals surface area contributed by atoms with Gasteiger partial charge in [0, 0.05) is 63.5 Å². The van der Waals surface area contributed by atoms with Gasteiger partial charge in [0.1, 0.15) is 0 Å². The maximum Gasteiger partial charge on any atom is 0.269 e. The molecule has 6 nitrogen and oxygen atoms in total. The highest BCUT2D eigenvalue weighted by molar-refractivity contribution is 5.35. The number of nitrogens with zero attached hydrogens (tertiary/aromatic N) is 3. The van der Waals surface area contributed by atoms with Crippen molar-refractivity contribution in [2.45, 2.75) is 25.4 Å². The van der Waals surface area contributed by atoms with Gasteiger partial charge < -0.3 is 5.32 Å². The monoisotopic (exact) mass is 304 g/mol. The van der Waals surface area contributed by atoms with Gasteiger partial charge in [-0.05, 0) is 18.9 Å². The Labute approximate surface area is 131 Å². The predicted molar refractivity (Wildman–Crippen MR) is 85.9 cm³/mol. The molecule has 2 aliphatic heterocycles. The van der Waals surface area contributed by atoms with E-state index in [1.807, 2.05) is 6.07 Å². The van der Waals surface area contributed by atoms with E-state index < -0.39 is 0 Å². The molecule has 2 aliphatic rings. The number of benzene rings is 1. The molecule has 2 fully saturated rings. The van der Waals surface area contributed by atoms with E-state index >= 15 is 0 Å². The molecule has 6 heteroatoms. The minimum atomic E-state index is -0.316. The fraction of sp³-hybridized carbons (Fsp3) is 0.625. The van der Waals surface area contributed by atoms with Gasteiger partial charge in [0.25, 0.3) is 5.69 Å². The number of hydrogen-bond donors (Lipinski definition) is 1. The van der Waals surface area contributed by atoms with Gasteiger partial charge in [-0.2, -0.15) is 0 Å². The van der Waals surface area contributed by atoms with Crippen LogP contribution in [0.5, 0.6) is 0 Å². The Morgan fingerprint density at radius 1 is 1.32 bits per heavy atom. The number of nitrogens with one attached hydrogen (secondary N) is 1. The van der Waals surface area contributed by atoms with E-state index in [1.165, 1.54) is 6.42 Å². The van der Waals surface area contributed by atoms with Crippen LogP contribution in [0.1, 0.15) is 24.9 Å². The summed E-state index contributed by atoms with van der Waals surface area (Å²) in [4.78, 5) is 15.6. The zero-order valence-electron chi connectivity index (χ0n) is 13.1. The Morgan fingerprint density at radius 2 is 2.09 bits per heavy atom. The average molecular weight is 304 g/mol. The minimum Gasteiger partial charge on any atom is -0.314 e. The number of likely N-dealkylation sites (tertiary alicyclic amines) is 1. The van der Waals surface area contributed by atoms with Crippen molar-refractivity contribution in [3.05, 3.63) is 39.9 Å². The van der Waals surface area contributed by atoms with Gasteiger partial charge in [-0.25, -0.2) is 0 Å². The second-order valence-electron chi connectivity index (χ2n) is 6.25. The summed E-state index contributed by atoms with van der Waals surface area (Å²) in [6.45, 7) is 8.70. The van der Waals surface area contributed by atoms with Gasteiger partial charge in [0.15, 0.2) is 0 Å². The Balaban J connectivity index is 1.64. The lowest BCUT2D eigenvalue weighted by Gasteiger charge is -2.33. The standard InChI is InChI=1S/C16H24N4O2/c1-13(14-3-2-4-15(11-14)20(21)22)19-8-5-16(12-19)18-9-6-17-7-10-18/h2-4,11,13,16-17H,5-10,12H2,1H3. The van der Waals surface area contributed by atoms with Crippen LogP contribution in [0.3, 0.4) is 0 Å². The number of hydrogen-bond acceptors (Lipinski definition) is 5. The van der Waals surface area contributed by atoms with Crippen molar-refractivity contribution in [3.63, 3.8) is 0 Å². The summed E-state index contributed by atoms with van der Waals surface area (Å²) in [6, 6.07) is 7.91. The number of piperazine rings is 1. The van der Waals surface area contributed by atoms with Crippen LogP contribution in [0.15, 0.2) is 24.3 Å². The SMILES string of the molecule is CC(c1cccc([N+](=O)[O-])c1)N1CCC(N2CCNCC2)C1. The molecule has 2 heterocycles. The molecular weight excluding hydrogens is 280 g/mol. The first-order valence-corrected chi connectivity index (χ1v) is 8.08. The smallest absolute Gasteiger partial charge is 0.269 e. The Bertz CT molecular complexity index is 531. The fourth-order valence-corrected chi connectivity index (χ4v) is 3.57. The Hall–Kier alpha value is -1.50. The number of nitro groups is 1. The molecule has 0 spiro atoms. The van der Waals surface area contributed by atoms with E-state index in [4.69, 9.17) is 0 Å². The second kappa shape index (κ2) is 6.73. The summed E-state index contributed by atoms with van der Waals surface area (Å²) in [7, 11) is 0. The summed E-state index contributed by atoms with van der Waals surface area (Å²) in [5.74, 6) is 0. The summed E-state index contributed by atoms with van der Waals surface area (Å²) in [5.41, 5.74) is 1.22.